The number of piperidine rings is 1. The molecule has 1 heterocycles. The van der Waals surface area contributed by atoms with Crippen LogP contribution in [0.2, 0.25) is 0 Å². The van der Waals surface area contributed by atoms with E-state index in [9.17, 15) is 17.6 Å². The Kier molecular flexibility index (Phi) is 5.74. The normalized spacial score (nSPS) is 15.6. The van der Waals surface area contributed by atoms with Gasteiger partial charge in [-0.25, -0.2) is 12.8 Å². The minimum atomic E-state index is -3.61. The number of anilines is 1. The Morgan fingerprint density at radius 2 is 1.81 bits per heavy atom. The van der Waals surface area contributed by atoms with Crippen LogP contribution in [0.1, 0.15) is 29.6 Å². The van der Waals surface area contributed by atoms with Crippen molar-refractivity contribution in [2.24, 2.45) is 0 Å². The molecule has 1 aliphatic heterocycles. The van der Waals surface area contributed by atoms with Gasteiger partial charge < -0.3 is 5.32 Å². The van der Waals surface area contributed by atoms with Crippen LogP contribution in [-0.2, 0) is 10.0 Å². The van der Waals surface area contributed by atoms with E-state index < -0.39 is 21.7 Å². The first kappa shape index (κ1) is 19.0. The first-order valence-electron chi connectivity index (χ1n) is 8.24. The zero-order valence-corrected chi connectivity index (χ0v) is 16.3. The molecule has 1 fully saturated rings. The Morgan fingerprint density at radius 3 is 2.50 bits per heavy atom. The van der Waals surface area contributed by atoms with E-state index in [1.165, 1.54) is 34.6 Å². The molecular weight excluding hydrogens is 423 g/mol. The number of carbonyl (C=O) groups is 1. The van der Waals surface area contributed by atoms with Crippen molar-refractivity contribution in [1.29, 1.82) is 0 Å². The molecule has 0 bridgehead atoms. The third kappa shape index (κ3) is 4.13. The molecule has 0 spiro atoms. The van der Waals surface area contributed by atoms with Gasteiger partial charge in [-0.05, 0) is 65.2 Å². The molecule has 0 atom stereocenters. The van der Waals surface area contributed by atoms with Gasteiger partial charge in [0.1, 0.15) is 5.82 Å². The number of nitrogens with one attached hydrogen (secondary N) is 1. The highest BCUT2D eigenvalue weighted by Crippen LogP contribution is 2.25. The monoisotopic (exact) mass is 440 g/mol. The lowest BCUT2D eigenvalue weighted by Crippen LogP contribution is -2.35. The highest BCUT2D eigenvalue weighted by Gasteiger charge is 2.26. The molecule has 0 saturated carbocycles. The summed E-state index contributed by atoms with van der Waals surface area (Å²) in [6, 6.07) is 9.87. The highest BCUT2D eigenvalue weighted by molar-refractivity contribution is 9.10. The number of benzene rings is 2. The second kappa shape index (κ2) is 7.85. The summed E-state index contributed by atoms with van der Waals surface area (Å²) >= 11 is 3.19. The number of carbonyl (C=O) groups excluding carboxylic acids is 1. The fourth-order valence-corrected chi connectivity index (χ4v) is 4.85. The van der Waals surface area contributed by atoms with Gasteiger partial charge in [0.2, 0.25) is 10.0 Å². The molecular formula is C18H18BrFN2O3S. The van der Waals surface area contributed by atoms with E-state index in [2.05, 4.69) is 21.2 Å². The van der Waals surface area contributed by atoms with Crippen molar-refractivity contribution in [3.8, 4) is 0 Å². The summed E-state index contributed by atoms with van der Waals surface area (Å²) in [5.41, 5.74) is 0.625. The molecule has 2 aromatic carbocycles. The van der Waals surface area contributed by atoms with Crippen LogP contribution in [0.5, 0.6) is 0 Å². The number of amides is 1. The summed E-state index contributed by atoms with van der Waals surface area (Å²) in [6.07, 6.45) is 2.72. The Hall–Kier alpha value is -1.77. The average molecular weight is 441 g/mol. The standard InChI is InChI=1S/C18H18BrFN2O3S/c19-16-12-14(20)7-8-17(16)21-18(23)13-5-4-6-15(11-13)26(24,25)22-9-2-1-3-10-22/h4-8,11-12H,1-3,9-10H2,(H,21,23). The van der Waals surface area contributed by atoms with Crippen molar-refractivity contribution in [3.05, 3.63) is 58.3 Å². The number of nitrogens with zero attached hydrogens (tertiary/aromatic N) is 1. The molecule has 0 radical (unpaired) electrons. The zero-order valence-electron chi connectivity index (χ0n) is 13.9. The molecule has 1 aliphatic rings. The summed E-state index contributed by atoms with van der Waals surface area (Å²) in [4.78, 5) is 12.6. The van der Waals surface area contributed by atoms with Gasteiger partial charge in [-0.3, -0.25) is 4.79 Å². The summed E-state index contributed by atoms with van der Waals surface area (Å²) in [7, 11) is -3.61. The first-order valence-corrected chi connectivity index (χ1v) is 10.5. The van der Waals surface area contributed by atoms with Gasteiger partial charge >= 0.3 is 0 Å². The van der Waals surface area contributed by atoms with Gasteiger partial charge in [-0.2, -0.15) is 4.31 Å². The van der Waals surface area contributed by atoms with E-state index in [-0.39, 0.29) is 10.5 Å². The highest BCUT2D eigenvalue weighted by atomic mass is 79.9. The van der Waals surface area contributed by atoms with Gasteiger partial charge in [0, 0.05) is 23.1 Å². The van der Waals surface area contributed by atoms with Gasteiger partial charge in [0.15, 0.2) is 0 Å². The molecule has 2 aromatic rings. The lowest BCUT2D eigenvalue weighted by molar-refractivity contribution is 0.102. The smallest absolute Gasteiger partial charge is 0.255 e. The second-order valence-corrected chi connectivity index (χ2v) is 8.86. The topological polar surface area (TPSA) is 66.5 Å². The predicted molar refractivity (Wildman–Crippen MR) is 101 cm³/mol. The maximum Gasteiger partial charge on any atom is 0.255 e. The van der Waals surface area contributed by atoms with E-state index in [0.29, 0.717) is 23.2 Å². The van der Waals surface area contributed by atoms with E-state index in [4.69, 9.17) is 0 Å². The zero-order chi connectivity index (χ0) is 18.7. The fraction of sp³-hybridized carbons (Fsp3) is 0.278. The molecule has 1 N–H and O–H groups in total. The number of sulfonamides is 1. The number of rotatable bonds is 4. The van der Waals surface area contributed by atoms with E-state index >= 15 is 0 Å². The summed E-state index contributed by atoms with van der Waals surface area (Å²) < 4.78 is 40.5. The molecule has 0 aliphatic carbocycles. The van der Waals surface area contributed by atoms with Gasteiger partial charge in [-0.15, -0.1) is 0 Å². The molecule has 138 valence electrons. The van der Waals surface area contributed by atoms with Crippen molar-refractivity contribution in [2.45, 2.75) is 24.2 Å². The summed E-state index contributed by atoms with van der Waals surface area (Å²) in [5.74, 6) is -0.891. The molecule has 1 saturated heterocycles. The third-order valence-electron chi connectivity index (χ3n) is 4.23. The summed E-state index contributed by atoms with van der Waals surface area (Å²) in [5, 5.41) is 2.65. The summed E-state index contributed by atoms with van der Waals surface area (Å²) in [6.45, 7) is 1.00. The molecule has 8 heteroatoms. The average Bonchev–Trinajstić information content (AvgIpc) is 2.65. The van der Waals surface area contributed by atoms with E-state index in [0.717, 1.165) is 19.3 Å². The van der Waals surface area contributed by atoms with Crippen LogP contribution >= 0.6 is 15.9 Å². The Balaban J connectivity index is 1.83. The van der Waals surface area contributed by atoms with Crippen LogP contribution in [0, 0.1) is 5.82 Å². The van der Waals surface area contributed by atoms with Gasteiger partial charge in [0.25, 0.3) is 5.91 Å². The minimum Gasteiger partial charge on any atom is -0.321 e. The van der Waals surface area contributed by atoms with Crippen LogP contribution in [-0.4, -0.2) is 31.7 Å². The Labute approximate surface area is 160 Å². The van der Waals surface area contributed by atoms with Crippen molar-refractivity contribution in [2.75, 3.05) is 18.4 Å². The van der Waals surface area contributed by atoms with Crippen LogP contribution < -0.4 is 5.32 Å². The minimum absolute atomic E-state index is 0.102. The number of halogens is 2. The second-order valence-electron chi connectivity index (χ2n) is 6.07. The maximum atomic E-state index is 13.2. The Morgan fingerprint density at radius 1 is 1.08 bits per heavy atom. The first-order chi connectivity index (χ1) is 12.4. The molecule has 3 rings (SSSR count). The third-order valence-corrected chi connectivity index (χ3v) is 6.78. The van der Waals surface area contributed by atoms with Crippen molar-refractivity contribution < 1.29 is 17.6 Å². The Bertz CT molecular complexity index is 928. The van der Waals surface area contributed by atoms with Crippen LogP contribution in [0.25, 0.3) is 0 Å². The van der Waals surface area contributed by atoms with Crippen molar-refractivity contribution in [1.82, 2.24) is 4.31 Å². The van der Waals surface area contributed by atoms with Crippen LogP contribution in [0.3, 0.4) is 0 Å². The maximum absolute atomic E-state index is 13.2. The van der Waals surface area contributed by atoms with E-state index in [1.807, 2.05) is 0 Å². The fourth-order valence-electron chi connectivity index (χ4n) is 2.84. The SMILES string of the molecule is O=C(Nc1ccc(F)cc1Br)c1cccc(S(=O)(=O)N2CCCCC2)c1. The van der Waals surface area contributed by atoms with E-state index in [1.54, 1.807) is 12.1 Å². The number of hydrogen-bond donors (Lipinski definition) is 1. The molecule has 0 unspecified atom stereocenters. The lowest BCUT2D eigenvalue weighted by Gasteiger charge is -2.26. The van der Waals surface area contributed by atoms with Gasteiger partial charge in [0.05, 0.1) is 10.6 Å². The lowest BCUT2D eigenvalue weighted by atomic mass is 10.2. The molecule has 0 aromatic heterocycles. The quantitative estimate of drug-likeness (QED) is 0.780. The number of hydrogen-bond acceptors (Lipinski definition) is 3. The van der Waals surface area contributed by atoms with Crippen molar-refractivity contribution in [3.63, 3.8) is 0 Å². The predicted octanol–water partition coefficient (Wildman–Crippen LogP) is 4.02. The van der Waals surface area contributed by atoms with Crippen molar-refractivity contribution >= 4 is 37.5 Å². The molecule has 1 amide bonds. The van der Waals surface area contributed by atoms with Crippen LogP contribution in [0.4, 0.5) is 10.1 Å². The molecule has 26 heavy (non-hydrogen) atoms. The van der Waals surface area contributed by atoms with Gasteiger partial charge in [-0.1, -0.05) is 12.5 Å². The molecule has 5 nitrogen and oxygen atoms in total. The largest absolute Gasteiger partial charge is 0.321 e. The van der Waals surface area contributed by atoms with Crippen LogP contribution in [0.15, 0.2) is 51.8 Å².